The van der Waals surface area contributed by atoms with Crippen molar-refractivity contribution in [2.24, 2.45) is 5.73 Å². The fourth-order valence-corrected chi connectivity index (χ4v) is 2.46. The average Bonchev–Trinajstić information content (AvgIpc) is 3.35. The largest absolute Gasteiger partial charge is 0.348 e. The molecule has 0 radical (unpaired) electrons. The fraction of sp³-hybridized carbons (Fsp3) is 0.263. The molecule has 0 aromatic heterocycles. The summed E-state index contributed by atoms with van der Waals surface area (Å²) in [6.07, 6.45) is 1.47. The molecule has 0 spiro atoms. The van der Waals surface area contributed by atoms with Crippen LogP contribution in [0.15, 0.2) is 54.6 Å². The third kappa shape index (κ3) is 4.59. The van der Waals surface area contributed by atoms with Crippen LogP contribution in [0.5, 0.6) is 0 Å². The highest BCUT2D eigenvalue weighted by Gasteiger charge is 2.46. The number of rotatable bonds is 5. The Morgan fingerprint density at radius 2 is 1.76 bits per heavy atom. The van der Waals surface area contributed by atoms with Crippen molar-refractivity contribution in [2.45, 2.75) is 31.3 Å². The molecule has 0 bridgehead atoms. The standard InChI is InChI=1S/C19H21N3O2.ClH/c1-13(21-18(24)19(20)10-11-19)15-8-5-9-16(12-15)22-17(23)14-6-3-2-4-7-14;/h2-9,12-13H,10-11,20H2,1H3,(H,21,24)(H,22,23);1H. The molecular weight excluding hydrogens is 338 g/mol. The van der Waals surface area contributed by atoms with Gasteiger partial charge in [-0.05, 0) is 49.6 Å². The molecule has 1 saturated carbocycles. The summed E-state index contributed by atoms with van der Waals surface area (Å²) in [7, 11) is 0. The Kier molecular flexibility index (Phi) is 5.82. The van der Waals surface area contributed by atoms with Crippen LogP contribution in [0.2, 0.25) is 0 Å². The molecule has 0 aliphatic heterocycles. The van der Waals surface area contributed by atoms with Crippen molar-refractivity contribution < 1.29 is 9.59 Å². The molecule has 6 heteroatoms. The second kappa shape index (κ2) is 7.68. The summed E-state index contributed by atoms with van der Waals surface area (Å²) >= 11 is 0. The SMILES string of the molecule is CC(NC(=O)C1(N)CC1)c1cccc(NC(=O)c2ccccc2)c1.Cl. The lowest BCUT2D eigenvalue weighted by Gasteiger charge is -2.18. The van der Waals surface area contributed by atoms with Crippen molar-refractivity contribution in [1.29, 1.82) is 0 Å². The van der Waals surface area contributed by atoms with Crippen molar-refractivity contribution in [3.05, 3.63) is 65.7 Å². The Morgan fingerprint density at radius 3 is 2.40 bits per heavy atom. The first-order valence-corrected chi connectivity index (χ1v) is 8.04. The Balaban J connectivity index is 0.00000225. The van der Waals surface area contributed by atoms with E-state index in [9.17, 15) is 9.59 Å². The molecule has 3 rings (SSSR count). The number of nitrogens with one attached hydrogen (secondary N) is 2. The number of carbonyl (C=O) groups excluding carboxylic acids is 2. The third-order valence-corrected chi connectivity index (χ3v) is 4.27. The zero-order chi connectivity index (χ0) is 17.2. The van der Waals surface area contributed by atoms with Gasteiger partial charge in [0.1, 0.15) is 0 Å². The van der Waals surface area contributed by atoms with Crippen LogP contribution in [0, 0.1) is 0 Å². The molecule has 4 N–H and O–H groups in total. The predicted octanol–water partition coefficient (Wildman–Crippen LogP) is 3.03. The molecule has 2 aromatic carbocycles. The smallest absolute Gasteiger partial charge is 0.255 e. The van der Waals surface area contributed by atoms with E-state index in [-0.39, 0.29) is 30.3 Å². The van der Waals surface area contributed by atoms with Crippen molar-refractivity contribution in [3.8, 4) is 0 Å². The van der Waals surface area contributed by atoms with Gasteiger partial charge in [0.15, 0.2) is 0 Å². The van der Waals surface area contributed by atoms with Gasteiger partial charge >= 0.3 is 0 Å². The maximum Gasteiger partial charge on any atom is 0.255 e. The second-order valence-electron chi connectivity index (χ2n) is 6.30. The minimum atomic E-state index is -0.687. The van der Waals surface area contributed by atoms with Crippen molar-refractivity contribution in [1.82, 2.24) is 5.32 Å². The van der Waals surface area contributed by atoms with Gasteiger partial charge in [-0.25, -0.2) is 0 Å². The fourth-order valence-electron chi connectivity index (χ4n) is 2.46. The van der Waals surface area contributed by atoms with Crippen LogP contribution in [0.4, 0.5) is 5.69 Å². The van der Waals surface area contributed by atoms with Gasteiger partial charge in [0, 0.05) is 11.3 Å². The summed E-state index contributed by atoms with van der Waals surface area (Å²) in [5.74, 6) is -0.281. The molecule has 25 heavy (non-hydrogen) atoms. The summed E-state index contributed by atoms with van der Waals surface area (Å²) in [5.41, 5.74) is 7.43. The first-order chi connectivity index (χ1) is 11.5. The van der Waals surface area contributed by atoms with Crippen molar-refractivity contribution in [2.75, 3.05) is 5.32 Å². The van der Waals surface area contributed by atoms with Crippen molar-refractivity contribution in [3.63, 3.8) is 0 Å². The van der Waals surface area contributed by atoms with Crippen LogP contribution in [-0.4, -0.2) is 17.4 Å². The third-order valence-electron chi connectivity index (χ3n) is 4.27. The van der Waals surface area contributed by atoms with E-state index in [4.69, 9.17) is 5.73 Å². The Labute approximate surface area is 153 Å². The molecule has 1 aliphatic carbocycles. The maximum atomic E-state index is 12.2. The average molecular weight is 360 g/mol. The molecule has 1 aliphatic rings. The molecule has 2 aromatic rings. The lowest BCUT2D eigenvalue weighted by molar-refractivity contribution is -0.123. The summed E-state index contributed by atoms with van der Waals surface area (Å²) in [4.78, 5) is 24.3. The molecule has 1 fully saturated rings. The number of hydrogen-bond acceptors (Lipinski definition) is 3. The number of anilines is 1. The topological polar surface area (TPSA) is 84.2 Å². The van der Waals surface area contributed by atoms with Gasteiger partial charge in [-0.3, -0.25) is 9.59 Å². The minimum absolute atomic E-state index is 0. The highest BCUT2D eigenvalue weighted by molar-refractivity contribution is 6.04. The highest BCUT2D eigenvalue weighted by Crippen LogP contribution is 2.33. The molecule has 0 heterocycles. The number of halogens is 1. The number of nitrogens with two attached hydrogens (primary N) is 1. The minimum Gasteiger partial charge on any atom is -0.348 e. The summed E-state index contributed by atoms with van der Waals surface area (Å²) in [6, 6.07) is 16.3. The van der Waals surface area contributed by atoms with Gasteiger partial charge in [-0.2, -0.15) is 0 Å². The second-order valence-corrected chi connectivity index (χ2v) is 6.30. The predicted molar refractivity (Wildman–Crippen MR) is 101 cm³/mol. The first kappa shape index (κ1) is 19.0. The number of benzene rings is 2. The van der Waals surface area contributed by atoms with Crippen LogP contribution in [0.25, 0.3) is 0 Å². The van der Waals surface area contributed by atoms with Gasteiger partial charge in [0.05, 0.1) is 11.6 Å². The van der Waals surface area contributed by atoms with Gasteiger partial charge < -0.3 is 16.4 Å². The van der Waals surface area contributed by atoms with Crippen molar-refractivity contribution >= 4 is 29.9 Å². The van der Waals surface area contributed by atoms with Gasteiger partial charge in [0.25, 0.3) is 5.91 Å². The van der Waals surface area contributed by atoms with E-state index in [0.29, 0.717) is 11.3 Å². The molecule has 132 valence electrons. The van der Waals surface area contributed by atoms with E-state index >= 15 is 0 Å². The van der Waals surface area contributed by atoms with E-state index in [2.05, 4.69) is 10.6 Å². The van der Waals surface area contributed by atoms with Crippen LogP contribution < -0.4 is 16.4 Å². The normalized spacial score (nSPS) is 15.4. The lowest BCUT2D eigenvalue weighted by Crippen LogP contribution is -2.43. The van der Waals surface area contributed by atoms with E-state index in [0.717, 1.165) is 18.4 Å². The Morgan fingerprint density at radius 1 is 1.08 bits per heavy atom. The summed E-state index contributed by atoms with van der Waals surface area (Å²) in [6.45, 7) is 1.90. The van der Waals surface area contributed by atoms with Gasteiger partial charge in [-0.1, -0.05) is 30.3 Å². The summed E-state index contributed by atoms with van der Waals surface area (Å²) in [5, 5.41) is 5.81. The van der Waals surface area contributed by atoms with E-state index in [1.165, 1.54) is 0 Å². The quantitative estimate of drug-likeness (QED) is 0.767. The highest BCUT2D eigenvalue weighted by atomic mass is 35.5. The van der Waals surface area contributed by atoms with Gasteiger partial charge in [0.2, 0.25) is 5.91 Å². The van der Waals surface area contributed by atoms with Crippen LogP contribution >= 0.6 is 12.4 Å². The van der Waals surface area contributed by atoms with Crippen LogP contribution in [-0.2, 0) is 4.79 Å². The zero-order valence-corrected chi connectivity index (χ0v) is 14.8. The number of carbonyl (C=O) groups is 2. The number of hydrogen-bond donors (Lipinski definition) is 3. The zero-order valence-electron chi connectivity index (χ0n) is 14.0. The van der Waals surface area contributed by atoms with E-state index in [1.54, 1.807) is 12.1 Å². The summed E-state index contributed by atoms with van der Waals surface area (Å²) < 4.78 is 0. The maximum absolute atomic E-state index is 12.2. The molecule has 1 atom stereocenters. The molecule has 2 amide bonds. The first-order valence-electron chi connectivity index (χ1n) is 8.04. The van der Waals surface area contributed by atoms with E-state index < -0.39 is 5.54 Å². The van der Waals surface area contributed by atoms with Crippen LogP contribution in [0.3, 0.4) is 0 Å². The number of amides is 2. The molecular formula is C19H22ClN3O2. The Hall–Kier alpha value is -2.37. The lowest BCUT2D eigenvalue weighted by atomic mass is 10.1. The molecule has 5 nitrogen and oxygen atoms in total. The van der Waals surface area contributed by atoms with E-state index in [1.807, 2.05) is 49.4 Å². The van der Waals surface area contributed by atoms with Gasteiger partial charge in [-0.15, -0.1) is 12.4 Å². The Bertz CT molecular complexity index is 760. The molecule has 0 saturated heterocycles. The monoisotopic (exact) mass is 359 g/mol. The van der Waals surface area contributed by atoms with Crippen LogP contribution in [0.1, 0.15) is 41.7 Å². The molecule has 1 unspecified atom stereocenters.